The van der Waals surface area contributed by atoms with E-state index < -0.39 is 11.9 Å². The normalized spacial score (nSPS) is 10.8. The van der Waals surface area contributed by atoms with Gasteiger partial charge in [0.15, 0.2) is 12.3 Å². The van der Waals surface area contributed by atoms with Crippen molar-refractivity contribution >= 4 is 40.2 Å². The Morgan fingerprint density at radius 3 is 2.71 bits per heavy atom. The van der Waals surface area contributed by atoms with E-state index in [1.165, 1.54) is 19.2 Å². The molecule has 146 valence electrons. The van der Waals surface area contributed by atoms with Crippen LogP contribution in [0.5, 0.6) is 5.88 Å². The maximum atomic E-state index is 12.3. The van der Waals surface area contributed by atoms with Crippen LogP contribution in [0.1, 0.15) is 21.6 Å². The second-order valence-electron chi connectivity index (χ2n) is 6.23. The first kappa shape index (κ1) is 19.6. The molecule has 0 aliphatic carbocycles. The van der Waals surface area contributed by atoms with Crippen molar-refractivity contribution in [2.75, 3.05) is 19.0 Å². The average Bonchev–Trinajstić information content (AvgIpc) is 2.97. The Morgan fingerprint density at radius 2 is 2.00 bits per heavy atom. The summed E-state index contributed by atoms with van der Waals surface area (Å²) in [5.41, 5.74) is 3.09. The topological polar surface area (TPSA) is 95.3 Å². The van der Waals surface area contributed by atoms with Gasteiger partial charge in [-0.2, -0.15) is 0 Å². The van der Waals surface area contributed by atoms with Crippen LogP contribution in [-0.4, -0.2) is 40.4 Å². The van der Waals surface area contributed by atoms with Gasteiger partial charge in [0.1, 0.15) is 0 Å². The quantitative estimate of drug-likeness (QED) is 0.659. The fourth-order valence-corrected chi connectivity index (χ4v) is 3.05. The Kier molecular flexibility index (Phi) is 5.51. The summed E-state index contributed by atoms with van der Waals surface area (Å²) in [5.74, 6) is -0.658. The molecule has 8 nitrogen and oxygen atoms in total. The lowest BCUT2D eigenvalue weighted by Crippen LogP contribution is -2.20. The van der Waals surface area contributed by atoms with E-state index in [0.717, 1.165) is 16.6 Å². The maximum absolute atomic E-state index is 12.3. The zero-order valence-corrected chi connectivity index (χ0v) is 16.6. The molecule has 0 fully saturated rings. The van der Waals surface area contributed by atoms with E-state index in [2.05, 4.69) is 20.1 Å². The molecule has 1 N–H and O–H groups in total. The van der Waals surface area contributed by atoms with Gasteiger partial charge in [-0.05, 0) is 43.7 Å². The number of amides is 1. The van der Waals surface area contributed by atoms with Gasteiger partial charge in [-0.25, -0.2) is 14.5 Å². The van der Waals surface area contributed by atoms with Gasteiger partial charge >= 0.3 is 5.97 Å². The summed E-state index contributed by atoms with van der Waals surface area (Å²) in [4.78, 5) is 28.4. The van der Waals surface area contributed by atoms with Crippen LogP contribution in [0.4, 0.5) is 5.69 Å². The zero-order valence-electron chi connectivity index (χ0n) is 15.9. The Balaban J connectivity index is 1.74. The number of ether oxygens (including phenoxy) is 2. The Labute approximate surface area is 166 Å². The molecule has 3 aromatic rings. The molecule has 0 unspecified atom stereocenters. The lowest BCUT2D eigenvalue weighted by molar-refractivity contribution is -0.118. The number of nitrogens with zero attached hydrogens (tertiary/aromatic N) is 3. The van der Waals surface area contributed by atoms with Gasteiger partial charge in [-0.3, -0.25) is 4.79 Å². The van der Waals surface area contributed by atoms with Crippen molar-refractivity contribution in [2.45, 2.75) is 13.8 Å². The van der Waals surface area contributed by atoms with Gasteiger partial charge in [0.05, 0.1) is 23.1 Å². The molecule has 0 spiro atoms. The van der Waals surface area contributed by atoms with E-state index in [4.69, 9.17) is 16.3 Å². The minimum Gasteiger partial charge on any atom is -0.466 e. The van der Waals surface area contributed by atoms with E-state index in [9.17, 15) is 9.59 Å². The van der Waals surface area contributed by atoms with E-state index in [1.807, 2.05) is 19.9 Å². The molecule has 0 atom stereocenters. The minimum absolute atomic E-state index is 0.163. The standard InChI is InChI=1S/C19H19ClN4O4/c1-10-7-11(2)21-17-16(10)18(23-24(17)3)28-9-15(25)22-12-5-6-14(20)13(8-12)19(26)27-4/h5-8H,9H2,1-4H3,(H,22,25). The maximum Gasteiger partial charge on any atom is 0.339 e. The van der Waals surface area contributed by atoms with E-state index in [0.29, 0.717) is 17.2 Å². The Bertz CT molecular complexity index is 1080. The van der Waals surface area contributed by atoms with Crippen LogP contribution in [0, 0.1) is 13.8 Å². The highest BCUT2D eigenvalue weighted by Crippen LogP contribution is 2.27. The van der Waals surface area contributed by atoms with Gasteiger partial charge in [-0.1, -0.05) is 11.6 Å². The largest absolute Gasteiger partial charge is 0.466 e. The van der Waals surface area contributed by atoms with Gasteiger partial charge < -0.3 is 14.8 Å². The van der Waals surface area contributed by atoms with Crippen molar-refractivity contribution in [3.05, 3.63) is 46.1 Å². The minimum atomic E-state index is -0.587. The molecule has 0 aliphatic rings. The number of nitrogens with one attached hydrogen (secondary N) is 1. The third-order valence-electron chi connectivity index (χ3n) is 4.08. The first-order valence-electron chi connectivity index (χ1n) is 8.41. The van der Waals surface area contributed by atoms with Crippen LogP contribution < -0.4 is 10.1 Å². The average molecular weight is 403 g/mol. The lowest BCUT2D eigenvalue weighted by Gasteiger charge is -2.09. The number of carbonyl (C=O) groups is 2. The first-order valence-corrected chi connectivity index (χ1v) is 8.79. The van der Waals surface area contributed by atoms with Crippen LogP contribution >= 0.6 is 11.6 Å². The second kappa shape index (κ2) is 7.85. The van der Waals surface area contributed by atoms with E-state index in [1.54, 1.807) is 17.8 Å². The molecule has 0 saturated carbocycles. The number of pyridine rings is 1. The highest BCUT2D eigenvalue weighted by atomic mass is 35.5. The number of halogens is 1. The third kappa shape index (κ3) is 3.91. The summed E-state index contributed by atoms with van der Waals surface area (Å²) < 4.78 is 11.9. The van der Waals surface area contributed by atoms with E-state index in [-0.39, 0.29) is 17.2 Å². The predicted molar refractivity (Wildman–Crippen MR) is 105 cm³/mol. The molecular formula is C19H19ClN4O4. The Morgan fingerprint density at radius 1 is 1.25 bits per heavy atom. The summed E-state index contributed by atoms with van der Waals surface area (Å²) in [6, 6.07) is 6.46. The van der Waals surface area contributed by atoms with Crippen LogP contribution in [0.2, 0.25) is 5.02 Å². The fraction of sp³-hybridized carbons (Fsp3) is 0.263. The van der Waals surface area contributed by atoms with Gasteiger partial charge in [0, 0.05) is 18.4 Å². The summed E-state index contributed by atoms with van der Waals surface area (Å²) in [6.07, 6.45) is 0. The lowest BCUT2D eigenvalue weighted by atomic mass is 10.2. The summed E-state index contributed by atoms with van der Waals surface area (Å²) in [6.45, 7) is 3.59. The van der Waals surface area contributed by atoms with Crippen LogP contribution in [0.3, 0.4) is 0 Å². The Hall–Kier alpha value is -3.13. The van der Waals surface area contributed by atoms with Crippen molar-refractivity contribution in [2.24, 2.45) is 7.05 Å². The first-order chi connectivity index (χ1) is 13.3. The summed E-state index contributed by atoms with van der Waals surface area (Å²) >= 11 is 5.98. The zero-order chi connectivity index (χ0) is 20.4. The second-order valence-corrected chi connectivity index (χ2v) is 6.64. The van der Waals surface area contributed by atoms with Gasteiger partial charge in [0.2, 0.25) is 5.88 Å². The number of hydrogen-bond donors (Lipinski definition) is 1. The molecule has 0 radical (unpaired) electrons. The van der Waals surface area contributed by atoms with Crippen molar-refractivity contribution in [3.63, 3.8) is 0 Å². The number of methoxy groups -OCH3 is 1. The number of fused-ring (bicyclic) bond motifs is 1. The number of carbonyl (C=O) groups excluding carboxylic acids is 2. The van der Waals surface area contributed by atoms with Crippen molar-refractivity contribution in [1.29, 1.82) is 0 Å². The van der Waals surface area contributed by atoms with Gasteiger partial charge in [-0.15, -0.1) is 5.10 Å². The molecule has 2 heterocycles. The van der Waals surface area contributed by atoms with Crippen molar-refractivity contribution in [1.82, 2.24) is 14.8 Å². The number of hydrogen-bond acceptors (Lipinski definition) is 6. The molecule has 1 amide bonds. The highest BCUT2D eigenvalue weighted by Gasteiger charge is 2.16. The molecule has 9 heteroatoms. The molecular weight excluding hydrogens is 384 g/mol. The number of rotatable bonds is 5. The van der Waals surface area contributed by atoms with E-state index >= 15 is 0 Å². The number of anilines is 1. The monoisotopic (exact) mass is 402 g/mol. The van der Waals surface area contributed by atoms with Crippen molar-refractivity contribution < 1.29 is 19.1 Å². The SMILES string of the molecule is COC(=O)c1cc(NC(=O)COc2nn(C)c3nc(C)cc(C)c23)ccc1Cl. The summed E-state index contributed by atoms with van der Waals surface area (Å²) in [5, 5.41) is 7.96. The predicted octanol–water partition coefficient (Wildman–Crippen LogP) is 3.04. The molecule has 0 saturated heterocycles. The van der Waals surface area contributed by atoms with Crippen LogP contribution in [-0.2, 0) is 16.6 Å². The molecule has 0 aliphatic heterocycles. The van der Waals surface area contributed by atoms with Crippen LogP contribution in [0.15, 0.2) is 24.3 Å². The number of aromatic nitrogens is 3. The summed E-state index contributed by atoms with van der Waals surface area (Å²) in [7, 11) is 3.02. The molecule has 2 aromatic heterocycles. The molecule has 28 heavy (non-hydrogen) atoms. The highest BCUT2D eigenvalue weighted by molar-refractivity contribution is 6.33. The smallest absolute Gasteiger partial charge is 0.339 e. The third-order valence-corrected chi connectivity index (χ3v) is 4.41. The molecule has 0 bridgehead atoms. The number of benzene rings is 1. The fourth-order valence-electron chi connectivity index (χ4n) is 2.85. The van der Waals surface area contributed by atoms with Crippen molar-refractivity contribution in [3.8, 4) is 5.88 Å². The molecule has 1 aromatic carbocycles. The number of aryl methyl sites for hydroxylation is 3. The van der Waals surface area contributed by atoms with Crippen LogP contribution in [0.25, 0.3) is 11.0 Å². The molecule has 3 rings (SSSR count). The number of esters is 1. The van der Waals surface area contributed by atoms with Gasteiger partial charge in [0.25, 0.3) is 5.91 Å².